The molecule has 1 amide bonds. The molecule has 76 heavy (non-hydrogen) atoms. The second-order valence-electron chi connectivity index (χ2n) is 15.7. The number of nitrogens with one attached hydrogen (secondary N) is 1. The normalized spacial score (nSPS) is 10.4. The van der Waals surface area contributed by atoms with E-state index in [-0.39, 0.29) is 47.0 Å². The van der Waals surface area contributed by atoms with E-state index >= 15 is 0 Å². The number of aliphatic hydroxyl groups excluding tert-OH is 2. The summed E-state index contributed by atoms with van der Waals surface area (Å²) in [6.45, 7) is 0.653. The van der Waals surface area contributed by atoms with Gasteiger partial charge in [0.1, 0.15) is 12.6 Å². The van der Waals surface area contributed by atoms with E-state index in [9.17, 15) is 29.1 Å². The molecule has 2 atom stereocenters. The maximum atomic E-state index is 12.2. The smallest absolute Gasteiger partial charge is 0.870 e. The predicted molar refractivity (Wildman–Crippen MR) is 293 cm³/mol. The third-order valence-corrected chi connectivity index (χ3v) is 11.1. The Morgan fingerprint density at radius 2 is 0.803 bits per heavy atom. The van der Waals surface area contributed by atoms with Crippen molar-refractivity contribution in [1.29, 1.82) is 0 Å². The topological polar surface area (TPSA) is 247 Å². The van der Waals surface area contributed by atoms with Gasteiger partial charge in [0.15, 0.2) is 5.78 Å². The molecule has 0 aliphatic rings. The van der Waals surface area contributed by atoms with Gasteiger partial charge < -0.3 is 45.6 Å². The molecule has 8 rings (SSSR count). The van der Waals surface area contributed by atoms with Crippen molar-refractivity contribution in [3.63, 3.8) is 0 Å². The Labute approximate surface area is 472 Å². The molecule has 17 heteroatoms. The number of ether oxygens (including phenoxy) is 2. The Hall–Kier alpha value is -7.35. The number of carboxylic acids is 1. The molecule has 0 aromatic heterocycles. The Kier molecular flexibility index (Phi) is 29.8. The van der Waals surface area contributed by atoms with Crippen LogP contribution < -0.4 is 40.3 Å². The fourth-order valence-electron chi connectivity index (χ4n) is 6.55. The Morgan fingerprint density at radius 1 is 0.500 bits per heavy atom. The molecule has 0 heterocycles. The van der Waals surface area contributed by atoms with E-state index in [1.165, 1.54) is 21.1 Å². The van der Waals surface area contributed by atoms with Gasteiger partial charge in [-0.15, -0.1) is 0 Å². The first kappa shape index (κ1) is 64.8. The number of ketones is 1. The summed E-state index contributed by atoms with van der Waals surface area (Å²) in [5.74, 6) is -2.61. The molecule has 0 fully saturated rings. The number of rotatable bonds is 12. The van der Waals surface area contributed by atoms with Crippen LogP contribution in [-0.2, 0) is 14.3 Å². The number of amides is 1. The van der Waals surface area contributed by atoms with E-state index in [0.29, 0.717) is 27.7 Å². The molecular weight excluding hydrogens is 1040 g/mol. The minimum Gasteiger partial charge on any atom is -0.870 e. The van der Waals surface area contributed by atoms with Crippen LogP contribution in [0.5, 0.6) is 0 Å². The van der Waals surface area contributed by atoms with E-state index in [4.69, 9.17) is 20.3 Å². The van der Waals surface area contributed by atoms with E-state index in [0.717, 1.165) is 37.9 Å². The second-order valence-corrected chi connectivity index (χ2v) is 16.6. The third kappa shape index (κ3) is 21.9. The van der Waals surface area contributed by atoms with Crippen molar-refractivity contribution in [2.45, 2.75) is 19.1 Å². The van der Waals surface area contributed by atoms with Crippen molar-refractivity contribution in [2.75, 3.05) is 20.8 Å². The first-order chi connectivity index (χ1) is 35.6. The number of Topliss-reactive ketones (excluding diaryl/α,β-unsaturated/α-hetero) is 1. The molecule has 0 radical (unpaired) electrons. The van der Waals surface area contributed by atoms with Crippen molar-refractivity contribution in [3.8, 4) is 33.4 Å². The van der Waals surface area contributed by atoms with Gasteiger partial charge in [-0.1, -0.05) is 174 Å². The van der Waals surface area contributed by atoms with Gasteiger partial charge in [0.25, 0.3) is 5.91 Å². The van der Waals surface area contributed by atoms with E-state index in [1.807, 2.05) is 133 Å². The zero-order valence-electron chi connectivity index (χ0n) is 42.1. The molecule has 0 aliphatic carbocycles. The van der Waals surface area contributed by atoms with Crippen LogP contribution in [-0.4, -0.2) is 101 Å². The summed E-state index contributed by atoms with van der Waals surface area (Å²) in [5.41, 5.74) is 8.71. The van der Waals surface area contributed by atoms with Crippen molar-refractivity contribution in [1.82, 2.24) is 5.32 Å². The van der Waals surface area contributed by atoms with Crippen molar-refractivity contribution >= 4 is 58.1 Å². The molecule has 0 saturated heterocycles. The Bertz CT molecular complexity index is 2960. The molecule has 0 saturated carbocycles. The monoisotopic (exact) mass is 1100 g/mol. The number of benzene rings is 8. The standard InChI is InChI=1S/C18H19NO4.C14H12O2.C13H10O2.C8H7BrO2.C6H7BO2.Na.H2O/c1-12(21)17(16(22)11-20)19-18(23)15-9-7-14(8-10-15)13-5-3-2-4-6-13;1-16-14(15)13-9-7-12(8-10-13)11-5-3-2-4-6-11;14-13(15)12-8-6-11(7-9-12)10-4-2-1-3-5-10;1-11-8(10)6-2-4-7(9)5-3-6;8-7(9)6-4-2-1-3-5-6;;/h2-10,12,17,20-21H,11H2,1H3,(H,19,23);2-10H,1H3;1-9H,(H,14,15);2-5H,1H3;1-5,8-9H;;1H2/q;;;;;+1;/p-1/t12-,17+;;;;;;/m1....../s1. The summed E-state index contributed by atoms with van der Waals surface area (Å²) in [6.07, 6.45) is -1.08. The molecule has 0 bridgehead atoms. The van der Waals surface area contributed by atoms with Crippen LogP contribution in [0.15, 0.2) is 223 Å². The van der Waals surface area contributed by atoms with E-state index in [2.05, 4.69) is 30.7 Å². The van der Waals surface area contributed by atoms with E-state index < -0.39 is 43.5 Å². The average molecular weight is 1100 g/mol. The molecule has 7 N–H and O–H groups in total. The number of aromatic carboxylic acids is 1. The van der Waals surface area contributed by atoms with Crippen molar-refractivity contribution < 1.29 is 93.8 Å². The molecule has 14 nitrogen and oxygen atoms in total. The van der Waals surface area contributed by atoms with Crippen molar-refractivity contribution in [3.05, 3.63) is 245 Å². The van der Waals surface area contributed by atoms with Crippen LogP contribution in [0.3, 0.4) is 0 Å². The van der Waals surface area contributed by atoms with Gasteiger partial charge in [-0.2, -0.15) is 0 Å². The average Bonchev–Trinajstić information content (AvgIpc) is 3.45. The number of carbonyl (C=O) groups is 5. The fraction of sp³-hybridized carbons (Fsp3) is 0.102. The number of methoxy groups -OCH3 is 2. The Morgan fingerprint density at radius 3 is 1.09 bits per heavy atom. The number of esters is 2. The maximum absolute atomic E-state index is 12.2. The second kappa shape index (κ2) is 35.0. The predicted octanol–water partition coefficient (Wildman–Crippen LogP) is 6.02. The molecule has 0 unspecified atom stereocenters. The summed E-state index contributed by atoms with van der Waals surface area (Å²) in [6, 6.07) is 65.4. The SMILES string of the molecule is COC(=O)c1ccc(-c2ccccc2)cc1.COC(=O)c1ccc(Br)cc1.C[C@@H](O)[C@H](NC(=O)c1ccc(-c2ccccc2)cc1)C(=O)CO.O=C(O)c1ccc(-c2ccccc2)cc1.OB(O)c1ccccc1.[Na+].[OH-]. The molecule has 0 spiro atoms. The van der Waals surface area contributed by atoms with E-state index in [1.54, 1.807) is 84.9 Å². The van der Waals surface area contributed by atoms with Crippen LogP contribution in [0.4, 0.5) is 0 Å². The number of carboxylic acid groups (broad SMARTS) is 1. The van der Waals surface area contributed by atoms with Gasteiger partial charge in [0.05, 0.1) is 37.0 Å². The van der Waals surface area contributed by atoms with Gasteiger partial charge in [-0.05, 0) is 106 Å². The minimum atomic E-state index is -1.34. The molecule has 8 aromatic rings. The first-order valence-electron chi connectivity index (χ1n) is 22.8. The largest absolute Gasteiger partial charge is 1.00 e. The molecule has 8 aromatic carbocycles. The van der Waals surface area contributed by atoms with Crippen LogP contribution in [0, 0.1) is 0 Å². The van der Waals surface area contributed by atoms with Crippen LogP contribution in [0.1, 0.15) is 48.4 Å². The van der Waals surface area contributed by atoms with Crippen LogP contribution in [0.2, 0.25) is 0 Å². The number of hydrogen-bond donors (Lipinski definition) is 6. The van der Waals surface area contributed by atoms with Crippen LogP contribution in [0.25, 0.3) is 33.4 Å². The van der Waals surface area contributed by atoms with Crippen LogP contribution >= 0.6 is 15.9 Å². The van der Waals surface area contributed by atoms with Crippen molar-refractivity contribution in [2.24, 2.45) is 0 Å². The number of hydrogen-bond acceptors (Lipinski definition) is 12. The zero-order chi connectivity index (χ0) is 53.8. The summed E-state index contributed by atoms with van der Waals surface area (Å²) in [7, 11) is 1.41. The Balaban J connectivity index is 0.000000334. The quantitative estimate of drug-likeness (QED) is 0.0607. The molecule has 0 aliphatic heterocycles. The zero-order valence-corrected chi connectivity index (χ0v) is 45.7. The van der Waals surface area contributed by atoms with Gasteiger partial charge in [-0.3, -0.25) is 9.59 Å². The summed E-state index contributed by atoms with van der Waals surface area (Å²) in [4.78, 5) is 56.5. The molecule has 386 valence electrons. The summed E-state index contributed by atoms with van der Waals surface area (Å²) < 4.78 is 10.1. The molecular formula is C59H56BBrNNaO13. The maximum Gasteiger partial charge on any atom is 1.00 e. The van der Waals surface area contributed by atoms with Gasteiger partial charge in [0, 0.05) is 10.0 Å². The third-order valence-electron chi connectivity index (χ3n) is 10.5. The summed E-state index contributed by atoms with van der Waals surface area (Å²) >= 11 is 3.26. The first-order valence-corrected chi connectivity index (χ1v) is 23.6. The number of halogens is 1. The summed E-state index contributed by atoms with van der Waals surface area (Å²) in [5, 5.41) is 46.8. The van der Waals surface area contributed by atoms with Gasteiger partial charge in [-0.25, -0.2) is 14.4 Å². The fourth-order valence-corrected chi connectivity index (χ4v) is 6.81. The van der Waals surface area contributed by atoms with Gasteiger partial charge >= 0.3 is 54.6 Å². The number of carbonyl (C=O) groups excluding carboxylic acids is 4. The van der Waals surface area contributed by atoms with Gasteiger partial charge in [0.2, 0.25) is 0 Å². The number of aliphatic hydroxyl groups is 2. The minimum absolute atomic E-state index is 0.